The van der Waals surface area contributed by atoms with Crippen LogP contribution in [0.15, 0.2) is 6.20 Å². The average Bonchev–Trinajstić information content (AvgIpc) is 2.82. The second-order valence-corrected chi connectivity index (χ2v) is 4.15. The molecular formula is C10H15N5OS. The van der Waals surface area contributed by atoms with E-state index in [4.69, 9.17) is 17.0 Å². The molecule has 7 heteroatoms. The Morgan fingerprint density at radius 1 is 1.53 bits per heavy atom. The maximum atomic E-state index is 5.20. The van der Waals surface area contributed by atoms with Crippen LogP contribution in [-0.2, 0) is 18.3 Å². The quantitative estimate of drug-likeness (QED) is 0.834. The maximum Gasteiger partial charge on any atom is 0.195 e. The van der Waals surface area contributed by atoms with Gasteiger partial charge in [0.15, 0.2) is 10.6 Å². The van der Waals surface area contributed by atoms with Crippen LogP contribution in [0.25, 0.3) is 11.4 Å². The van der Waals surface area contributed by atoms with E-state index in [2.05, 4.69) is 15.3 Å². The fourth-order valence-electron chi connectivity index (χ4n) is 1.63. The SMILES string of the molecule is COCCn1c(-c2cnn(C)c2C)n[nH]c1=S. The molecule has 0 amide bonds. The van der Waals surface area contributed by atoms with Crippen LogP contribution in [0.2, 0.25) is 0 Å². The second kappa shape index (κ2) is 4.80. The minimum absolute atomic E-state index is 0.597. The first kappa shape index (κ1) is 12.0. The number of nitrogens with one attached hydrogen (secondary N) is 1. The maximum absolute atomic E-state index is 5.20. The van der Waals surface area contributed by atoms with Gasteiger partial charge in [0, 0.05) is 19.9 Å². The van der Waals surface area contributed by atoms with Gasteiger partial charge in [-0.05, 0) is 19.1 Å². The summed E-state index contributed by atoms with van der Waals surface area (Å²) in [4.78, 5) is 0. The van der Waals surface area contributed by atoms with Crippen LogP contribution in [-0.4, -0.2) is 38.3 Å². The van der Waals surface area contributed by atoms with Crippen molar-refractivity contribution < 1.29 is 4.74 Å². The minimum Gasteiger partial charge on any atom is -0.383 e. The number of hydrogen-bond acceptors (Lipinski definition) is 4. The summed E-state index contributed by atoms with van der Waals surface area (Å²) in [6.45, 7) is 3.27. The molecule has 17 heavy (non-hydrogen) atoms. The summed E-state index contributed by atoms with van der Waals surface area (Å²) < 4.78 is 9.40. The van der Waals surface area contributed by atoms with Crippen LogP contribution in [0, 0.1) is 11.7 Å². The first-order chi connectivity index (χ1) is 8.15. The molecule has 0 aliphatic carbocycles. The van der Waals surface area contributed by atoms with Crippen LogP contribution >= 0.6 is 12.2 Å². The summed E-state index contributed by atoms with van der Waals surface area (Å²) in [6, 6.07) is 0. The number of rotatable bonds is 4. The van der Waals surface area contributed by atoms with Crippen molar-refractivity contribution in [2.75, 3.05) is 13.7 Å². The molecule has 2 aromatic rings. The predicted molar refractivity (Wildman–Crippen MR) is 66.2 cm³/mol. The van der Waals surface area contributed by atoms with Gasteiger partial charge in [-0.1, -0.05) is 0 Å². The summed E-state index contributed by atoms with van der Waals surface area (Å²) in [5.74, 6) is 0.803. The summed E-state index contributed by atoms with van der Waals surface area (Å²) >= 11 is 5.20. The number of aromatic amines is 1. The third-order valence-corrected chi connectivity index (χ3v) is 3.07. The fourth-order valence-corrected chi connectivity index (χ4v) is 1.85. The van der Waals surface area contributed by atoms with Crippen LogP contribution in [0.4, 0.5) is 0 Å². The molecule has 2 rings (SSSR count). The molecule has 2 heterocycles. The average molecular weight is 253 g/mol. The molecule has 0 aliphatic heterocycles. The van der Waals surface area contributed by atoms with E-state index in [1.54, 1.807) is 13.3 Å². The Morgan fingerprint density at radius 2 is 2.29 bits per heavy atom. The van der Waals surface area contributed by atoms with Crippen LogP contribution in [0.3, 0.4) is 0 Å². The van der Waals surface area contributed by atoms with Crippen molar-refractivity contribution in [2.24, 2.45) is 7.05 Å². The molecule has 0 bridgehead atoms. The lowest BCUT2D eigenvalue weighted by Gasteiger charge is -2.05. The van der Waals surface area contributed by atoms with Crippen molar-refractivity contribution in [1.29, 1.82) is 0 Å². The largest absolute Gasteiger partial charge is 0.383 e. The zero-order valence-electron chi connectivity index (χ0n) is 10.1. The fraction of sp³-hybridized carbons (Fsp3) is 0.500. The van der Waals surface area contributed by atoms with Gasteiger partial charge in [0.2, 0.25) is 0 Å². The van der Waals surface area contributed by atoms with Crippen molar-refractivity contribution in [3.63, 3.8) is 0 Å². The lowest BCUT2D eigenvalue weighted by Crippen LogP contribution is -2.06. The summed E-state index contributed by atoms with van der Waals surface area (Å²) in [5.41, 5.74) is 2.04. The molecule has 0 atom stereocenters. The standard InChI is InChI=1S/C10H15N5OS/c1-7-8(6-11-14(7)2)9-12-13-10(17)15(9)4-5-16-3/h6H,4-5H2,1-3H3,(H,13,17). The molecule has 0 fully saturated rings. The molecule has 0 radical (unpaired) electrons. The van der Waals surface area contributed by atoms with Crippen molar-refractivity contribution in [2.45, 2.75) is 13.5 Å². The molecule has 92 valence electrons. The van der Waals surface area contributed by atoms with Crippen LogP contribution in [0.5, 0.6) is 0 Å². The van der Waals surface area contributed by atoms with E-state index in [1.165, 1.54) is 0 Å². The first-order valence-corrected chi connectivity index (χ1v) is 5.69. The first-order valence-electron chi connectivity index (χ1n) is 5.28. The van der Waals surface area contributed by atoms with Gasteiger partial charge < -0.3 is 4.74 Å². The number of methoxy groups -OCH3 is 1. The molecule has 2 aromatic heterocycles. The monoisotopic (exact) mass is 253 g/mol. The van der Waals surface area contributed by atoms with E-state index in [0.29, 0.717) is 17.9 Å². The Hall–Kier alpha value is -1.47. The molecule has 0 aromatic carbocycles. The lowest BCUT2D eigenvalue weighted by molar-refractivity contribution is 0.187. The number of aryl methyl sites for hydroxylation is 1. The van der Waals surface area contributed by atoms with E-state index in [-0.39, 0.29) is 0 Å². The van der Waals surface area contributed by atoms with Crippen LogP contribution < -0.4 is 0 Å². The molecule has 0 unspecified atom stereocenters. The molecule has 6 nitrogen and oxygen atoms in total. The summed E-state index contributed by atoms with van der Waals surface area (Å²) in [7, 11) is 3.57. The summed E-state index contributed by atoms with van der Waals surface area (Å²) in [6.07, 6.45) is 1.80. The number of nitrogens with zero attached hydrogens (tertiary/aromatic N) is 4. The van der Waals surface area contributed by atoms with E-state index in [0.717, 1.165) is 17.1 Å². The normalized spacial score (nSPS) is 11.0. The Kier molecular flexibility index (Phi) is 3.39. The third-order valence-electron chi connectivity index (χ3n) is 2.75. The lowest BCUT2D eigenvalue weighted by atomic mass is 10.2. The smallest absolute Gasteiger partial charge is 0.195 e. The highest BCUT2D eigenvalue weighted by Gasteiger charge is 2.13. The third kappa shape index (κ3) is 2.16. The van der Waals surface area contributed by atoms with E-state index in [1.807, 2.05) is 23.2 Å². The highest BCUT2D eigenvalue weighted by molar-refractivity contribution is 7.71. The highest BCUT2D eigenvalue weighted by atomic mass is 32.1. The molecule has 0 spiro atoms. The Bertz CT molecular complexity index is 568. The van der Waals surface area contributed by atoms with Gasteiger partial charge in [-0.25, -0.2) is 0 Å². The molecule has 1 N–H and O–H groups in total. The number of aromatic nitrogens is 5. The number of hydrogen-bond donors (Lipinski definition) is 1. The number of H-pyrrole nitrogens is 1. The topological polar surface area (TPSA) is 60.7 Å². The van der Waals surface area contributed by atoms with Gasteiger partial charge >= 0.3 is 0 Å². The van der Waals surface area contributed by atoms with Gasteiger partial charge in [-0.15, -0.1) is 0 Å². The van der Waals surface area contributed by atoms with E-state index in [9.17, 15) is 0 Å². The van der Waals surface area contributed by atoms with Crippen molar-refractivity contribution in [3.8, 4) is 11.4 Å². The van der Waals surface area contributed by atoms with Gasteiger partial charge in [-0.2, -0.15) is 10.2 Å². The Balaban J connectivity index is 2.45. The Morgan fingerprint density at radius 3 is 2.88 bits per heavy atom. The van der Waals surface area contributed by atoms with Crippen molar-refractivity contribution in [3.05, 3.63) is 16.7 Å². The molecule has 0 saturated carbocycles. The second-order valence-electron chi connectivity index (χ2n) is 3.76. The van der Waals surface area contributed by atoms with Crippen molar-refractivity contribution in [1.82, 2.24) is 24.5 Å². The van der Waals surface area contributed by atoms with Crippen LogP contribution in [0.1, 0.15) is 5.69 Å². The van der Waals surface area contributed by atoms with Gasteiger partial charge in [0.05, 0.1) is 24.9 Å². The van der Waals surface area contributed by atoms with Crippen molar-refractivity contribution >= 4 is 12.2 Å². The van der Waals surface area contributed by atoms with Gasteiger partial charge in [0.1, 0.15) is 0 Å². The zero-order valence-corrected chi connectivity index (χ0v) is 10.9. The minimum atomic E-state index is 0.597. The molecule has 0 saturated heterocycles. The van der Waals surface area contributed by atoms with Gasteiger partial charge in [-0.3, -0.25) is 14.3 Å². The zero-order chi connectivity index (χ0) is 12.4. The Labute approximate surface area is 104 Å². The van der Waals surface area contributed by atoms with E-state index < -0.39 is 0 Å². The predicted octanol–water partition coefficient (Wildman–Crippen LogP) is 1.30. The highest BCUT2D eigenvalue weighted by Crippen LogP contribution is 2.20. The summed E-state index contributed by atoms with van der Waals surface area (Å²) in [5, 5.41) is 11.3. The molecular weight excluding hydrogens is 238 g/mol. The van der Waals surface area contributed by atoms with E-state index >= 15 is 0 Å². The van der Waals surface area contributed by atoms with Gasteiger partial charge in [0.25, 0.3) is 0 Å². The molecule has 0 aliphatic rings. The number of ether oxygens (including phenoxy) is 1.